The van der Waals surface area contributed by atoms with Crippen LogP contribution in [0.1, 0.15) is 27.1 Å². The number of nitrogens with one attached hydrogen (secondary N) is 1. The smallest absolute Gasteiger partial charge is 0.253 e. The van der Waals surface area contributed by atoms with Gasteiger partial charge in [-0.25, -0.2) is 9.97 Å². The first kappa shape index (κ1) is 32.0. The highest BCUT2D eigenvalue weighted by molar-refractivity contribution is 6.76. The largest absolute Gasteiger partial charge is 0.361 e. The van der Waals surface area contributed by atoms with Gasteiger partial charge in [-0.3, -0.25) is 14.2 Å². The fourth-order valence-electron chi connectivity index (χ4n) is 5.24. The standard InChI is InChI=1S/C34H41N7O3Si/c1-39-17-19-40(20-18-39)34(43)26-11-9-25(10-12-26)31-38-30-29(27-7-5-8-28(23-27)33(42)37-15-6-14-35)13-16-36-32(30)41(31)24-44-21-22-45(2,3)4/h5,7-13,16,23H,6,15,17-22,24H2,1-4H3,(H,37,42). The third kappa shape index (κ3) is 7.83. The van der Waals surface area contributed by atoms with Crippen LogP contribution < -0.4 is 5.32 Å². The molecule has 234 valence electrons. The lowest BCUT2D eigenvalue weighted by molar-refractivity contribution is 0.0664. The zero-order valence-electron chi connectivity index (χ0n) is 26.5. The number of imidazole rings is 1. The molecule has 10 nitrogen and oxygen atoms in total. The van der Waals surface area contributed by atoms with Crippen LogP contribution in [-0.2, 0) is 11.5 Å². The van der Waals surface area contributed by atoms with Crippen molar-refractivity contribution in [1.29, 1.82) is 5.26 Å². The zero-order valence-corrected chi connectivity index (χ0v) is 27.5. The lowest BCUT2D eigenvalue weighted by atomic mass is 10.0. The van der Waals surface area contributed by atoms with Gasteiger partial charge >= 0.3 is 0 Å². The van der Waals surface area contributed by atoms with Gasteiger partial charge < -0.3 is 19.9 Å². The maximum atomic E-state index is 13.2. The summed E-state index contributed by atoms with van der Waals surface area (Å²) in [6, 6.07) is 20.0. The van der Waals surface area contributed by atoms with Crippen LogP contribution in [0.3, 0.4) is 0 Å². The normalized spacial score (nSPS) is 14.0. The Morgan fingerprint density at radius 2 is 1.76 bits per heavy atom. The second-order valence-corrected chi connectivity index (χ2v) is 18.3. The Hall–Kier alpha value is -4.37. The fourth-order valence-corrected chi connectivity index (χ4v) is 6.00. The van der Waals surface area contributed by atoms with Gasteiger partial charge in [-0.15, -0.1) is 0 Å². The number of amides is 2. The Morgan fingerprint density at radius 1 is 1.00 bits per heavy atom. The van der Waals surface area contributed by atoms with E-state index in [2.05, 4.69) is 36.9 Å². The van der Waals surface area contributed by atoms with E-state index in [1.54, 1.807) is 12.3 Å². The van der Waals surface area contributed by atoms with E-state index in [0.29, 0.717) is 41.3 Å². The number of pyridine rings is 1. The molecule has 2 aromatic carbocycles. The van der Waals surface area contributed by atoms with Gasteiger partial charge in [0.05, 0.1) is 12.5 Å². The van der Waals surface area contributed by atoms with Crippen molar-refractivity contribution in [2.24, 2.45) is 0 Å². The molecule has 11 heteroatoms. The van der Waals surface area contributed by atoms with E-state index in [9.17, 15) is 9.59 Å². The van der Waals surface area contributed by atoms with Crippen molar-refractivity contribution in [3.05, 3.63) is 71.9 Å². The first-order chi connectivity index (χ1) is 21.6. The predicted octanol–water partition coefficient (Wildman–Crippen LogP) is 5.11. The topological polar surface area (TPSA) is 116 Å². The number of likely N-dealkylation sites (N-methyl/N-ethyl adjacent to an activating group) is 1. The number of fused-ring (bicyclic) bond motifs is 1. The Labute approximate surface area is 265 Å². The second kappa shape index (κ2) is 14.2. The maximum Gasteiger partial charge on any atom is 0.253 e. The lowest BCUT2D eigenvalue weighted by Gasteiger charge is -2.32. The summed E-state index contributed by atoms with van der Waals surface area (Å²) in [6.45, 7) is 11.4. The highest BCUT2D eigenvalue weighted by atomic mass is 28.3. The van der Waals surface area contributed by atoms with Crippen LogP contribution in [0.2, 0.25) is 25.7 Å². The van der Waals surface area contributed by atoms with Crippen LogP contribution in [0.25, 0.3) is 33.7 Å². The number of ether oxygens (including phenoxy) is 1. The number of piperazine rings is 1. The molecule has 2 amide bonds. The second-order valence-electron chi connectivity index (χ2n) is 12.7. The van der Waals surface area contributed by atoms with Gasteiger partial charge in [-0.1, -0.05) is 43.9 Å². The minimum Gasteiger partial charge on any atom is -0.361 e. The van der Waals surface area contributed by atoms with E-state index < -0.39 is 8.07 Å². The molecule has 0 radical (unpaired) electrons. The van der Waals surface area contributed by atoms with Crippen molar-refractivity contribution in [3.63, 3.8) is 0 Å². The number of carbonyl (C=O) groups is 2. The average molecular weight is 624 g/mol. The van der Waals surface area contributed by atoms with Crippen LogP contribution in [0, 0.1) is 11.3 Å². The molecule has 0 spiro atoms. The SMILES string of the molecule is CN1CCN(C(=O)c2ccc(-c3nc4c(-c5cccc(C(=O)NCCC#N)c5)ccnc4n3COCC[Si](C)(C)C)cc2)CC1. The van der Waals surface area contributed by atoms with Gasteiger partial charge in [0.2, 0.25) is 0 Å². The highest BCUT2D eigenvalue weighted by Gasteiger charge is 2.22. The summed E-state index contributed by atoms with van der Waals surface area (Å²) in [5.74, 6) is 0.505. The Balaban J connectivity index is 1.49. The molecule has 1 aliphatic heterocycles. The van der Waals surface area contributed by atoms with Gasteiger partial charge in [-0.05, 0) is 49.0 Å². The molecule has 45 heavy (non-hydrogen) atoms. The quantitative estimate of drug-likeness (QED) is 0.182. The van der Waals surface area contributed by atoms with E-state index in [1.807, 2.05) is 64.1 Å². The van der Waals surface area contributed by atoms with Crippen molar-refractivity contribution in [3.8, 4) is 28.6 Å². The molecule has 3 heterocycles. The van der Waals surface area contributed by atoms with Crippen LogP contribution in [-0.4, -0.2) is 90.6 Å². The molecule has 2 aromatic heterocycles. The first-order valence-electron chi connectivity index (χ1n) is 15.4. The number of nitriles is 1. The molecule has 5 rings (SSSR count). The minimum atomic E-state index is -1.28. The van der Waals surface area contributed by atoms with Crippen LogP contribution in [0.15, 0.2) is 60.8 Å². The van der Waals surface area contributed by atoms with E-state index in [4.69, 9.17) is 20.0 Å². The maximum absolute atomic E-state index is 13.2. The number of nitrogens with zero attached hydrogens (tertiary/aromatic N) is 6. The van der Waals surface area contributed by atoms with Gasteiger partial charge in [0.1, 0.15) is 18.1 Å². The minimum absolute atomic E-state index is 0.0401. The molecule has 0 unspecified atom stereocenters. The van der Waals surface area contributed by atoms with Crippen molar-refractivity contribution >= 4 is 31.1 Å². The third-order valence-electron chi connectivity index (χ3n) is 7.99. The average Bonchev–Trinajstić information content (AvgIpc) is 3.41. The zero-order chi connectivity index (χ0) is 32.0. The number of benzene rings is 2. The summed E-state index contributed by atoms with van der Waals surface area (Å²) in [7, 11) is 0.796. The Kier molecular flexibility index (Phi) is 10.1. The van der Waals surface area contributed by atoms with Crippen LogP contribution in [0.4, 0.5) is 0 Å². The molecular formula is C34H41N7O3Si. The Bertz CT molecular complexity index is 1700. The monoisotopic (exact) mass is 623 g/mol. The van der Waals surface area contributed by atoms with Gasteiger partial charge in [0.15, 0.2) is 5.65 Å². The molecule has 1 saturated heterocycles. The molecule has 0 bridgehead atoms. The number of rotatable bonds is 11. The van der Waals surface area contributed by atoms with Crippen LogP contribution in [0.5, 0.6) is 0 Å². The van der Waals surface area contributed by atoms with Gasteiger partial charge in [0, 0.05) is 75.9 Å². The molecule has 0 aliphatic carbocycles. The number of carbonyl (C=O) groups excluding carboxylic acids is 2. The molecule has 1 fully saturated rings. The fraction of sp³-hybridized carbons (Fsp3) is 0.382. The number of hydrogen-bond donors (Lipinski definition) is 1. The summed E-state index contributed by atoms with van der Waals surface area (Å²) in [5.41, 5.74) is 5.06. The van der Waals surface area contributed by atoms with Crippen molar-refractivity contribution in [1.82, 2.24) is 29.7 Å². The first-order valence-corrected chi connectivity index (χ1v) is 19.1. The third-order valence-corrected chi connectivity index (χ3v) is 9.69. The van der Waals surface area contributed by atoms with E-state index in [-0.39, 0.29) is 25.0 Å². The van der Waals surface area contributed by atoms with E-state index >= 15 is 0 Å². The highest BCUT2D eigenvalue weighted by Crippen LogP contribution is 2.32. The summed E-state index contributed by atoms with van der Waals surface area (Å²) < 4.78 is 8.18. The van der Waals surface area contributed by atoms with Gasteiger partial charge in [-0.2, -0.15) is 5.26 Å². The molecule has 0 saturated carbocycles. The summed E-state index contributed by atoms with van der Waals surface area (Å²) in [6.07, 6.45) is 2.00. The molecule has 1 aliphatic rings. The lowest BCUT2D eigenvalue weighted by Crippen LogP contribution is -2.47. The van der Waals surface area contributed by atoms with Crippen LogP contribution >= 0.6 is 0 Å². The number of hydrogen-bond acceptors (Lipinski definition) is 7. The summed E-state index contributed by atoms with van der Waals surface area (Å²) in [4.78, 5) is 39.8. The van der Waals surface area contributed by atoms with Crippen molar-refractivity contribution < 1.29 is 14.3 Å². The molecular weight excluding hydrogens is 583 g/mol. The van der Waals surface area contributed by atoms with Crippen molar-refractivity contribution in [2.75, 3.05) is 46.4 Å². The van der Waals surface area contributed by atoms with Gasteiger partial charge in [0.25, 0.3) is 11.8 Å². The predicted molar refractivity (Wildman–Crippen MR) is 178 cm³/mol. The molecule has 1 N–H and O–H groups in total. The summed E-state index contributed by atoms with van der Waals surface area (Å²) >= 11 is 0. The van der Waals surface area contributed by atoms with E-state index in [1.165, 1.54) is 0 Å². The summed E-state index contributed by atoms with van der Waals surface area (Å²) in [5, 5.41) is 11.6. The molecule has 0 atom stereocenters. The molecule has 4 aromatic rings. The van der Waals surface area contributed by atoms with Crippen molar-refractivity contribution in [2.45, 2.75) is 38.8 Å². The number of aromatic nitrogens is 3. The Morgan fingerprint density at radius 3 is 2.47 bits per heavy atom. The van der Waals surface area contributed by atoms with E-state index in [0.717, 1.165) is 48.9 Å².